The normalized spacial score (nSPS) is 14.3. The molecule has 1 unspecified atom stereocenters. The van der Waals surface area contributed by atoms with Gasteiger partial charge in [0.1, 0.15) is 27.7 Å². The van der Waals surface area contributed by atoms with Gasteiger partial charge in [0.2, 0.25) is 5.91 Å². The highest BCUT2D eigenvalue weighted by Crippen LogP contribution is 2.36. The number of aromatic nitrogens is 3. The third-order valence-electron chi connectivity index (χ3n) is 5.24. The lowest BCUT2D eigenvalue weighted by Gasteiger charge is -2.14. The second-order valence-electron chi connectivity index (χ2n) is 7.86. The van der Waals surface area contributed by atoms with E-state index in [0.717, 1.165) is 23.5 Å². The fraction of sp³-hybridized carbons (Fsp3) is 0.273. The average molecular weight is 539 g/mol. The molecular weight excluding hydrogens is 521 g/mol. The van der Waals surface area contributed by atoms with Crippen molar-refractivity contribution in [2.45, 2.75) is 38.4 Å². The average Bonchev–Trinajstić information content (AvgIpc) is 3.23. The Labute approximate surface area is 211 Å². The summed E-state index contributed by atoms with van der Waals surface area (Å²) >= 11 is 6.59. The number of halogens is 4. The predicted octanol–water partition coefficient (Wildman–Crippen LogP) is 4.62. The molecule has 0 spiro atoms. The number of nitrogens with one attached hydrogen (secondary N) is 3. The minimum absolute atomic E-state index is 0.0791. The number of fused-ring (bicyclic) bond motifs is 1. The fourth-order valence-corrected chi connectivity index (χ4v) is 4.55. The van der Waals surface area contributed by atoms with Gasteiger partial charge in [-0.25, -0.2) is 15.0 Å². The number of carbonyl (C=O) groups is 3. The van der Waals surface area contributed by atoms with E-state index in [9.17, 15) is 27.6 Å². The molecule has 0 saturated heterocycles. The molecule has 0 aliphatic carbocycles. The molecule has 1 atom stereocenters. The zero-order chi connectivity index (χ0) is 26.0. The molecule has 3 aromatic rings. The van der Waals surface area contributed by atoms with Gasteiger partial charge < -0.3 is 16.0 Å². The number of hydrogen-bond acceptors (Lipinski definition) is 7. The van der Waals surface area contributed by atoms with E-state index in [4.69, 9.17) is 11.6 Å². The van der Waals surface area contributed by atoms with E-state index in [2.05, 4.69) is 30.9 Å². The molecule has 36 heavy (non-hydrogen) atoms. The van der Waals surface area contributed by atoms with Crippen LogP contribution in [0.3, 0.4) is 0 Å². The third-order valence-corrected chi connectivity index (χ3v) is 6.75. The van der Waals surface area contributed by atoms with Gasteiger partial charge in [0.15, 0.2) is 0 Å². The van der Waals surface area contributed by atoms with Gasteiger partial charge in [-0.2, -0.15) is 13.2 Å². The number of alkyl halides is 3. The molecule has 3 heterocycles. The number of benzene rings is 1. The first kappa shape index (κ1) is 25.5. The summed E-state index contributed by atoms with van der Waals surface area (Å²) in [6, 6.07) is 2.45. The summed E-state index contributed by atoms with van der Waals surface area (Å²) in [5.74, 6) is -1.05. The molecule has 1 aromatic carbocycles. The van der Waals surface area contributed by atoms with Crippen molar-refractivity contribution in [2.75, 3.05) is 10.6 Å². The molecule has 1 aliphatic rings. The lowest BCUT2D eigenvalue weighted by molar-refractivity contribution is -0.137. The molecule has 2 aromatic heterocycles. The molecule has 0 bridgehead atoms. The van der Waals surface area contributed by atoms with Crippen molar-refractivity contribution in [1.29, 1.82) is 0 Å². The van der Waals surface area contributed by atoms with E-state index in [-0.39, 0.29) is 22.2 Å². The first-order chi connectivity index (χ1) is 17.0. The van der Waals surface area contributed by atoms with E-state index in [1.54, 1.807) is 6.92 Å². The lowest BCUT2D eigenvalue weighted by Crippen LogP contribution is -2.29. The third kappa shape index (κ3) is 5.62. The molecule has 0 radical (unpaired) electrons. The van der Waals surface area contributed by atoms with Gasteiger partial charge in [-0.1, -0.05) is 11.6 Å². The number of anilines is 2. The fourth-order valence-electron chi connectivity index (χ4n) is 3.51. The van der Waals surface area contributed by atoms with Crippen LogP contribution >= 0.6 is 22.9 Å². The summed E-state index contributed by atoms with van der Waals surface area (Å²) in [6.07, 6.45) is -0.900. The Morgan fingerprint density at radius 1 is 1.17 bits per heavy atom. The number of carbonyl (C=O) groups excluding carboxylic acids is 3. The van der Waals surface area contributed by atoms with Crippen LogP contribution in [0.4, 0.5) is 24.7 Å². The van der Waals surface area contributed by atoms with Crippen molar-refractivity contribution < 1.29 is 27.6 Å². The monoisotopic (exact) mass is 538 g/mol. The van der Waals surface area contributed by atoms with Crippen LogP contribution in [0.15, 0.2) is 30.7 Å². The molecule has 3 amide bonds. The van der Waals surface area contributed by atoms with Crippen LogP contribution in [-0.4, -0.2) is 32.7 Å². The molecule has 1 aliphatic heterocycles. The Morgan fingerprint density at radius 2 is 1.94 bits per heavy atom. The van der Waals surface area contributed by atoms with Crippen molar-refractivity contribution in [1.82, 2.24) is 20.3 Å². The van der Waals surface area contributed by atoms with Crippen molar-refractivity contribution in [2.24, 2.45) is 0 Å². The van der Waals surface area contributed by atoms with Crippen molar-refractivity contribution in [3.05, 3.63) is 62.5 Å². The highest BCUT2D eigenvalue weighted by atomic mass is 35.5. The number of amides is 3. The Bertz CT molecular complexity index is 1350. The van der Waals surface area contributed by atoms with Gasteiger partial charge in [0.05, 0.1) is 22.8 Å². The minimum Gasteiger partial charge on any atom is -0.342 e. The van der Waals surface area contributed by atoms with Crippen LogP contribution in [0.1, 0.15) is 62.1 Å². The molecule has 0 fully saturated rings. The lowest BCUT2D eigenvalue weighted by atomic mass is 10.1. The zero-order valence-corrected chi connectivity index (χ0v) is 20.1. The Balaban J connectivity index is 1.45. The number of nitrogens with zero attached hydrogens (tertiary/aromatic N) is 3. The van der Waals surface area contributed by atoms with Crippen molar-refractivity contribution in [3.8, 4) is 0 Å². The second kappa shape index (κ2) is 10.2. The topological polar surface area (TPSA) is 126 Å². The van der Waals surface area contributed by atoms with Gasteiger partial charge >= 0.3 is 6.18 Å². The van der Waals surface area contributed by atoms with Crippen LogP contribution in [0, 0.1) is 0 Å². The summed E-state index contributed by atoms with van der Waals surface area (Å²) in [5, 5.41) is 7.73. The number of hydrogen-bond donors (Lipinski definition) is 3. The summed E-state index contributed by atoms with van der Waals surface area (Å²) in [5.41, 5.74) is -0.477. The number of rotatable bonds is 5. The van der Waals surface area contributed by atoms with E-state index >= 15 is 0 Å². The summed E-state index contributed by atoms with van der Waals surface area (Å²) < 4.78 is 39.2. The standard InChI is InChI=1S/C22H18ClF3N6O3S/c1-10(30-20(35)17-12-3-2-4-16(33)32-18(12)29-9-28-17)21-27-8-15(36-21)19(34)31-11-5-6-14(23)13(7-11)22(24,25)26/h5-10H,2-4H2,1H3,(H,30,35)(H,31,34)(H,28,29,32,33). The van der Waals surface area contributed by atoms with Crippen LogP contribution in [0.2, 0.25) is 5.02 Å². The van der Waals surface area contributed by atoms with Gasteiger partial charge in [0, 0.05) is 17.7 Å². The Hall–Kier alpha value is -3.58. The predicted molar refractivity (Wildman–Crippen MR) is 126 cm³/mol. The van der Waals surface area contributed by atoms with E-state index < -0.39 is 34.6 Å². The summed E-state index contributed by atoms with van der Waals surface area (Å²) in [7, 11) is 0. The largest absolute Gasteiger partial charge is 0.417 e. The quantitative estimate of drug-likeness (QED) is 0.435. The first-order valence-electron chi connectivity index (χ1n) is 10.6. The van der Waals surface area contributed by atoms with Gasteiger partial charge in [-0.15, -0.1) is 11.3 Å². The van der Waals surface area contributed by atoms with Crippen LogP contribution in [0.25, 0.3) is 0 Å². The smallest absolute Gasteiger partial charge is 0.342 e. The molecule has 4 rings (SSSR count). The zero-order valence-electron chi connectivity index (χ0n) is 18.6. The minimum atomic E-state index is -4.67. The summed E-state index contributed by atoms with van der Waals surface area (Å²) in [4.78, 5) is 49.6. The molecule has 9 nitrogen and oxygen atoms in total. The van der Waals surface area contributed by atoms with Crippen LogP contribution in [0.5, 0.6) is 0 Å². The number of thiazole rings is 1. The van der Waals surface area contributed by atoms with Crippen LogP contribution < -0.4 is 16.0 Å². The maximum absolute atomic E-state index is 13.1. The highest BCUT2D eigenvalue weighted by molar-refractivity contribution is 7.13. The van der Waals surface area contributed by atoms with Gasteiger partial charge in [0.25, 0.3) is 11.8 Å². The first-order valence-corrected chi connectivity index (χ1v) is 11.8. The van der Waals surface area contributed by atoms with Crippen molar-refractivity contribution >= 4 is 52.2 Å². The SMILES string of the molecule is CC(NC(=O)c1ncnc2c1CCCC(=O)N2)c1ncc(C(=O)Nc2ccc(Cl)c(C(F)(F)F)c2)s1. The molecule has 14 heteroatoms. The van der Waals surface area contributed by atoms with E-state index in [1.165, 1.54) is 18.6 Å². The molecule has 3 N–H and O–H groups in total. The van der Waals surface area contributed by atoms with Crippen LogP contribution in [-0.2, 0) is 17.4 Å². The van der Waals surface area contributed by atoms with Crippen molar-refractivity contribution in [3.63, 3.8) is 0 Å². The maximum atomic E-state index is 13.1. The maximum Gasteiger partial charge on any atom is 0.417 e. The van der Waals surface area contributed by atoms with Gasteiger partial charge in [-0.3, -0.25) is 14.4 Å². The summed E-state index contributed by atoms with van der Waals surface area (Å²) in [6.45, 7) is 1.66. The highest BCUT2D eigenvalue weighted by Gasteiger charge is 2.33. The Morgan fingerprint density at radius 3 is 2.69 bits per heavy atom. The van der Waals surface area contributed by atoms with Gasteiger partial charge in [-0.05, 0) is 38.0 Å². The second-order valence-corrected chi connectivity index (χ2v) is 9.33. The molecule has 188 valence electrons. The molecule has 0 saturated carbocycles. The van der Waals surface area contributed by atoms with E-state index in [0.29, 0.717) is 35.7 Å². The van der Waals surface area contributed by atoms with E-state index in [1.807, 2.05) is 0 Å². The molecular formula is C22H18ClF3N6O3S. The Kier molecular flexibility index (Phi) is 7.22.